The minimum Gasteiger partial charge on any atom is -0.322 e. The van der Waals surface area contributed by atoms with Gasteiger partial charge in [-0.2, -0.15) is 10.2 Å². The first kappa shape index (κ1) is 17.7. The third-order valence-electron chi connectivity index (χ3n) is 3.82. The summed E-state index contributed by atoms with van der Waals surface area (Å²) in [6, 6.07) is 7.17. The normalized spacial score (nSPS) is 12.2. The van der Waals surface area contributed by atoms with E-state index >= 15 is 0 Å². The highest BCUT2D eigenvalue weighted by Gasteiger charge is 2.17. The lowest BCUT2D eigenvalue weighted by Crippen LogP contribution is -2.23. The molecule has 0 saturated carbocycles. The molecule has 0 aliphatic rings. The van der Waals surface area contributed by atoms with Crippen LogP contribution >= 0.6 is 27.5 Å². The van der Waals surface area contributed by atoms with E-state index in [0.717, 1.165) is 15.7 Å². The van der Waals surface area contributed by atoms with Crippen molar-refractivity contribution in [2.75, 3.05) is 5.32 Å². The number of hydrogen-bond donors (Lipinski definition) is 1. The average molecular weight is 423 g/mol. The third-order valence-corrected chi connectivity index (χ3v) is 4.97. The Kier molecular flexibility index (Phi) is 5.24. The molecule has 1 N–H and O–H groups in total. The van der Waals surface area contributed by atoms with E-state index in [1.54, 1.807) is 34.9 Å². The van der Waals surface area contributed by atoms with E-state index in [1.165, 1.54) is 0 Å². The summed E-state index contributed by atoms with van der Waals surface area (Å²) in [5.74, 6) is -0.160. The van der Waals surface area contributed by atoms with Gasteiger partial charge >= 0.3 is 0 Å². The van der Waals surface area contributed by atoms with Gasteiger partial charge in [-0.05, 0) is 41.4 Å². The van der Waals surface area contributed by atoms with E-state index in [4.69, 9.17) is 11.6 Å². The molecule has 1 amide bonds. The Balaban J connectivity index is 1.66. The molecule has 1 aromatic carbocycles. The molecule has 0 radical (unpaired) electrons. The van der Waals surface area contributed by atoms with Crippen molar-refractivity contribution in [3.8, 4) is 0 Å². The third kappa shape index (κ3) is 4.11. The van der Waals surface area contributed by atoms with Crippen molar-refractivity contribution in [3.63, 3.8) is 0 Å². The number of carbonyl (C=O) groups excluding carboxylic acids is 1. The second-order valence-corrected chi connectivity index (χ2v) is 6.99. The molecule has 1 atom stereocenters. The minimum atomic E-state index is -0.433. The maximum atomic E-state index is 12.4. The summed E-state index contributed by atoms with van der Waals surface area (Å²) in [4.78, 5) is 12.4. The van der Waals surface area contributed by atoms with Gasteiger partial charge < -0.3 is 5.32 Å². The summed E-state index contributed by atoms with van der Waals surface area (Å²) >= 11 is 9.57. The van der Waals surface area contributed by atoms with Crippen LogP contribution in [0.15, 0.2) is 47.3 Å². The summed E-state index contributed by atoms with van der Waals surface area (Å²) in [5, 5.41) is 12.1. The second-order valence-electron chi connectivity index (χ2n) is 5.73. The molecule has 25 heavy (non-hydrogen) atoms. The smallest absolute Gasteiger partial charge is 0.249 e. The van der Waals surface area contributed by atoms with Crippen LogP contribution in [0.5, 0.6) is 0 Å². The summed E-state index contributed by atoms with van der Waals surface area (Å²) in [6.07, 6.45) is 5.18. The standard InChI is InChI=1S/C17H17BrClN5O/c1-11-15(18)10-24(22-11)12(2)17(25)21-14-7-20-23(9-14)8-13-5-3-4-6-16(13)19/h3-7,9-10,12H,8H2,1-2H3,(H,21,25). The van der Waals surface area contributed by atoms with Gasteiger partial charge in [0.25, 0.3) is 0 Å². The fraction of sp³-hybridized carbons (Fsp3) is 0.235. The highest BCUT2D eigenvalue weighted by molar-refractivity contribution is 9.10. The van der Waals surface area contributed by atoms with Crippen molar-refractivity contribution >= 4 is 39.1 Å². The quantitative estimate of drug-likeness (QED) is 0.674. The van der Waals surface area contributed by atoms with Crippen LogP contribution in [0.4, 0.5) is 5.69 Å². The Morgan fingerprint density at radius 2 is 2.12 bits per heavy atom. The minimum absolute atomic E-state index is 0.160. The van der Waals surface area contributed by atoms with E-state index in [2.05, 4.69) is 31.4 Å². The molecule has 0 aliphatic carbocycles. The molecule has 0 saturated heterocycles. The number of nitrogens with one attached hydrogen (secondary N) is 1. The monoisotopic (exact) mass is 421 g/mol. The van der Waals surface area contributed by atoms with Crippen LogP contribution in [0.2, 0.25) is 5.02 Å². The Hall–Kier alpha value is -2.12. The van der Waals surface area contributed by atoms with E-state index in [9.17, 15) is 4.79 Å². The topological polar surface area (TPSA) is 64.7 Å². The fourth-order valence-electron chi connectivity index (χ4n) is 2.34. The van der Waals surface area contributed by atoms with E-state index in [0.29, 0.717) is 17.3 Å². The SMILES string of the molecule is Cc1nn(C(C)C(=O)Nc2cnn(Cc3ccccc3Cl)c2)cc1Br. The first-order chi connectivity index (χ1) is 11.9. The summed E-state index contributed by atoms with van der Waals surface area (Å²) in [7, 11) is 0. The lowest BCUT2D eigenvalue weighted by atomic mass is 10.2. The Labute approximate surface area is 158 Å². The lowest BCUT2D eigenvalue weighted by Gasteiger charge is -2.11. The van der Waals surface area contributed by atoms with Crippen LogP contribution in [0.3, 0.4) is 0 Å². The molecule has 1 unspecified atom stereocenters. The maximum Gasteiger partial charge on any atom is 0.249 e. The van der Waals surface area contributed by atoms with Gasteiger partial charge in [-0.25, -0.2) is 0 Å². The van der Waals surface area contributed by atoms with E-state index in [1.807, 2.05) is 31.2 Å². The van der Waals surface area contributed by atoms with Gasteiger partial charge in [0.15, 0.2) is 0 Å². The number of aryl methyl sites for hydroxylation is 1. The fourth-order valence-corrected chi connectivity index (χ4v) is 2.82. The number of benzene rings is 1. The van der Waals surface area contributed by atoms with Crippen molar-refractivity contribution in [2.24, 2.45) is 0 Å². The van der Waals surface area contributed by atoms with Crippen LogP contribution in [0, 0.1) is 6.92 Å². The predicted molar refractivity (Wildman–Crippen MR) is 101 cm³/mol. The number of halogens is 2. The molecule has 8 heteroatoms. The zero-order valence-corrected chi connectivity index (χ0v) is 16.1. The number of nitrogens with zero attached hydrogens (tertiary/aromatic N) is 4. The molecule has 3 aromatic rings. The van der Waals surface area contributed by atoms with Crippen molar-refractivity contribution < 1.29 is 4.79 Å². The van der Waals surface area contributed by atoms with Crippen LogP contribution < -0.4 is 5.32 Å². The van der Waals surface area contributed by atoms with Gasteiger partial charge in [0.1, 0.15) is 6.04 Å². The number of hydrogen-bond acceptors (Lipinski definition) is 3. The number of amides is 1. The van der Waals surface area contributed by atoms with Crippen molar-refractivity contribution in [1.82, 2.24) is 19.6 Å². The van der Waals surface area contributed by atoms with Crippen molar-refractivity contribution in [1.29, 1.82) is 0 Å². The molecule has 3 rings (SSSR count). The van der Waals surface area contributed by atoms with Gasteiger partial charge in [-0.15, -0.1) is 0 Å². The first-order valence-electron chi connectivity index (χ1n) is 7.72. The lowest BCUT2D eigenvalue weighted by molar-refractivity contribution is -0.119. The zero-order valence-electron chi connectivity index (χ0n) is 13.8. The Bertz CT molecular complexity index is 885. The van der Waals surface area contributed by atoms with Crippen molar-refractivity contribution in [3.05, 3.63) is 63.6 Å². The number of rotatable bonds is 5. The van der Waals surface area contributed by atoms with Gasteiger partial charge in [-0.1, -0.05) is 29.8 Å². The molecular formula is C17H17BrClN5O. The van der Waals surface area contributed by atoms with Gasteiger partial charge in [0, 0.05) is 17.4 Å². The first-order valence-corrected chi connectivity index (χ1v) is 8.89. The highest BCUT2D eigenvalue weighted by atomic mass is 79.9. The van der Waals surface area contributed by atoms with Crippen molar-refractivity contribution in [2.45, 2.75) is 26.4 Å². The van der Waals surface area contributed by atoms with Crippen LogP contribution in [-0.2, 0) is 11.3 Å². The van der Waals surface area contributed by atoms with Gasteiger partial charge in [0.05, 0.1) is 28.6 Å². The van der Waals surface area contributed by atoms with E-state index in [-0.39, 0.29) is 5.91 Å². The average Bonchev–Trinajstić information content (AvgIpc) is 3.15. The molecular weight excluding hydrogens is 406 g/mol. The molecule has 2 aromatic heterocycles. The molecule has 0 bridgehead atoms. The number of anilines is 1. The zero-order chi connectivity index (χ0) is 18.0. The second kappa shape index (κ2) is 7.41. The van der Waals surface area contributed by atoms with E-state index < -0.39 is 6.04 Å². The maximum absolute atomic E-state index is 12.4. The Morgan fingerprint density at radius 3 is 2.80 bits per heavy atom. The largest absolute Gasteiger partial charge is 0.322 e. The molecule has 6 nitrogen and oxygen atoms in total. The van der Waals surface area contributed by atoms with Gasteiger partial charge in [0.2, 0.25) is 5.91 Å². The molecule has 130 valence electrons. The molecule has 0 fully saturated rings. The number of carbonyl (C=O) groups is 1. The van der Waals surface area contributed by atoms with Crippen LogP contribution in [0.1, 0.15) is 24.2 Å². The molecule has 0 aliphatic heterocycles. The predicted octanol–water partition coefficient (Wildman–Crippen LogP) is 4.05. The molecule has 2 heterocycles. The number of aromatic nitrogens is 4. The summed E-state index contributed by atoms with van der Waals surface area (Å²) in [6.45, 7) is 4.21. The van der Waals surface area contributed by atoms with Crippen LogP contribution in [0.25, 0.3) is 0 Å². The highest BCUT2D eigenvalue weighted by Crippen LogP contribution is 2.19. The Morgan fingerprint density at radius 1 is 1.36 bits per heavy atom. The van der Waals surface area contributed by atoms with Gasteiger partial charge in [-0.3, -0.25) is 14.2 Å². The molecule has 0 spiro atoms. The van der Waals surface area contributed by atoms with Crippen LogP contribution in [-0.4, -0.2) is 25.5 Å². The summed E-state index contributed by atoms with van der Waals surface area (Å²) in [5.41, 5.74) is 2.44. The summed E-state index contributed by atoms with van der Waals surface area (Å²) < 4.78 is 4.23.